The van der Waals surface area contributed by atoms with Gasteiger partial charge in [-0.05, 0) is 31.3 Å². The normalized spacial score (nSPS) is 40.2. The van der Waals surface area contributed by atoms with Gasteiger partial charge in [-0.3, -0.25) is 4.90 Å². The highest BCUT2D eigenvalue weighted by Gasteiger charge is 2.33. The molecule has 0 aromatic rings. The molecule has 98 valence electrons. The molecule has 0 saturated carbocycles. The molecule has 1 aliphatic carbocycles. The van der Waals surface area contributed by atoms with Gasteiger partial charge in [-0.25, -0.2) is 0 Å². The number of fused-ring (bicyclic) bond motifs is 2. The average Bonchev–Trinajstić information content (AvgIpc) is 2.69. The van der Waals surface area contributed by atoms with Crippen molar-refractivity contribution in [3.05, 3.63) is 35.6 Å². The molecular weight excluding hydrogens is 224 g/mol. The van der Waals surface area contributed by atoms with Crippen LogP contribution in [0.4, 0.5) is 0 Å². The first-order chi connectivity index (χ1) is 8.81. The van der Waals surface area contributed by atoms with E-state index in [4.69, 9.17) is 10.5 Å². The van der Waals surface area contributed by atoms with Crippen LogP contribution >= 0.6 is 0 Å². The van der Waals surface area contributed by atoms with Gasteiger partial charge in [0.1, 0.15) is 0 Å². The van der Waals surface area contributed by atoms with Crippen LogP contribution in [0.1, 0.15) is 25.7 Å². The predicted octanol–water partition coefficient (Wildman–Crippen LogP) is 1.97. The van der Waals surface area contributed by atoms with Gasteiger partial charge >= 0.3 is 0 Å². The number of rotatable bonds is 2. The lowest BCUT2D eigenvalue weighted by molar-refractivity contribution is -0.0350. The largest absolute Gasteiger partial charge is 0.399 e. The summed E-state index contributed by atoms with van der Waals surface area (Å²) >= 11 is 0. The summed E-state index contributed by atoms with van der Waals surface area (Å²) < 4.78 is 5.87. The molecule has 2 N–H and O–H groups in total. The van der Waals surface area contributed by atoms with E-state index in [-0.39, 0.29) is 0 Å². The van der Waals surface area contributed by atoms with Crippen molar-refractivity contribution in [3.8, 4) is 0 Å². The summed E-state index contributed by atoms with van der Waals surface area (Å²) in [4.78, 5) is 2.49. The summed E-state index contributed by atoms with van der Waals surface area (Å²) in [6.45, 7) is 3.08. The predicted molar refractivity (Wildman–Crippen MR) is 73.1 cm³/mol. The third kappa shape index (κ3) is 2.68. The van der Waals surface area contributed by atoms with Crippen molar-refractivity contribution in [2.24, 2.45) is 5.73 Å². The van der Waals surface area contributed by atoms with Crippen molar-refractivity contribution in [2.45, 2.75) is 37.9 Å². The molecule has 0 aromatic heterocycles. The van der Waals surface area contributed by atoms with Crippen LogP contribution in [0.15, 0.2) is 35.6 Å². The van der Waals surface area contributed by atoms with Gasteiger partial charge in [0, 0.05) is 25.3 Å². The van der Waals surface area contributed by atoms with Gasteiger partial charge in [-0.15, -0.1) is 0 Å². The van der Waals surface area contributed by atoms with Crippen molar-refractivity contribution in [3.63, 3.8) is 0 Å². The van der Waals surface area contributed by atoms with Crippen LogP contribution in [0.25, 0.3) is 0 Å². The minimum Gasteiger partial charge on any atom is -0.399 e. The molecule has 0 amide bonds. The molecule has 0 aromatic carbocycles. The Bertz CT molecular complexity index is 385. The second-order valence-electron chi connectivity index (χ2n) is 5.51. The van der Waals surface area contributed by atoms with Crippen LogP contribution in [0.5, 0.6) is 0 Å². The summed E-state index contributed by atoms with van der Waals surface area (Å²) in [6.07, 6.45) is 14.2. The lowest BCUT2D eigenvalue weighted by atomic mass is 10.1. The van der Waals surface area contributed by atoms with Crippen molar-refractivity contribution in [1.29, 1.82) is 0 Å². The number of nitrogens with zero attached hydrogens (tertiary/aromatic N) is 1. The SMILES string of the molecule is NC1=C/CC\C=C/C=C\1CN1CC2CCC(C1)O2. The fourth-order valence-corrected chi connectivity index (χ4v) is 3.06. The van der Waals surface area contributed by atoms with E-state index in [9.17, 15) is 0 Å². The van der Waals surface area contributed by atoms with Crippen LogP contribution in [0.3, 0.4) is 0 Å². The Labute approximate surface area is 109 Å². The van der Waals surface area contributed by atoms with Crippen LogP contribution in [0, 0.1) is 0 Å². The Balaban J connectivity index is 1.67. The molecule has 0 spiro atoms. The van der Waals surface area contributed by atoms with Gasteiger partial charge in [0.05, 0.1) is 12.2 Å². The molecule has 3 rings (SSSR count). The molecule has 3 nitrogen and oxygen atoms in total. The average molecular weight is 246 g/mol. The number of hydrogen-bond acceptors (Lipinski definition) is 3. The number of likely N-dealkylation sites (tertiary alicyclic amines) is 1. The summed E-state index contributed by atoms with van der Waals surface area (Å²) in [6, 6.07) is 0. The molecule has 2 bridgehead atoms. The summed E-state index contributed by atoms with van der Waals surface area (Å²) in [7, 11) is 0. The zero-order valence-corrected chi connectivity index (χ0v) is 10.8. The van der Waals surface area contributed by atoms with E-state index in [2.05, 4.69) is 29.2 Å². The molecule has 0 radical (unpaired) electrons. The second kappa shape index (κ2) is 5.29. The van der Waals surface area contributed by atoms with Crippen molar-refractivity contribution >= 4 is 0 Å². The monoisotopic (exact) mass is 246 g/mol. The van der Waals surface area contributed by atoms with Crippen molar-refractivity contribution in [1.82, 2.24) is 4.90 Å². The molecule has 18 heavy (non-hydrogen) atoms. The van der Waals surface area contributed by atoms with E-state index in [1.54, 1.807) is 0 Å². The molecule has 2 saturated heterocycles. The minimum atomic E-state index is 0.457. The molecule has 3 heteroatoms. The summed E-state index contributed by atoms with van der Waals surface area (Å²) in [5, 5.41) is 0. The Morgan fingerprint density at radius 3 is 2.78 bits per heavy atom. The fourth-order valence-electron chi connectivity index (χ4n) is 3.06. The Morgan fingerprint density at radius 1 is 1.22 bits per heavy atom. The Kier molecular flexibility index (Phi) is 3.52. The van der Waals surface area contributed by atoms with E-state index < -0.39 is 0 Å². The Morgan fingerprint density at radius 2 is 2.00 bits per heavy atom. The number of morpholine rings is 1. The molecule has 3 aliphatic rings. The zero-order valence-electron chi connectivity index (χ0n) is 10.8. The zero-order chi connectivity index (χ0) is 12.4. The third-order valence-electron chi connectivity index (χ3n) is 4.02. The van der Waals surface area contributed by atoms with Gasteiger partial charge in [-0.1, -0.05) is 24.3 Å². The highest BCUT2D eigenvalue weighted by Crippen LogP contribution is 2.27. The lowest BCUT2D eigenvalue weighted by Crippen LogP contribution is -2.43. The van der Waals surface area contributed by atoms with E-state index in [1.165, 1.54) is 18.4 Å². The second-order valence-corrected chi connectivity index (χ2v) is 5.51. The highest BCUT2D eigenvalue weighted by molar-refractivity contribution is 5.34. The number of hydrogen-bond donors (Lipinski definition) is 1. The first kappa shape index (κ1) is 12.0. The Hall–Kier alpha value is -1.06. The molecule has 2 atom stereocenters. The number of nitrogens with two attached hydrogens (primary N) is 1. The third-order valence-corrected chi connectivity index (χ3v) is 4.02. The fraction of sp³-hybridized carbons (Fsp3) is 0.600. The van der Waals surface area contributed by atoms with Crippen molar-refractivity contribution in [2.75, 3.05) is 19.6 Å². The van der Waals surface area contributed by atoms with Gasteiger partial charge in [0.25, 0.3) is 0 Å². The quantitative estimate of drug-likeness (QED) is 0.809. The van der Waals surface area contributed by atoms with Crippen molar-refractivity contribution < 1.29 is 4.74 Å². The minimum absolute atomic E-state index is 0.457. The van der Waals surface area contributed by atoms with Gasteiger partial charge < -0.3 is 10.5 Å². The highest BCUT2D eigenvalue weighted by atomic mass is 16.5. The van der Waals surface area contributed by atoms with Crippen LogP contribution in [-0.4, -0.2) is 36.7 Å². The van der Waals surface area contributed by atoms with Crippen LogP contribution in [-0.2, 0) is 4.74 Å². The molecule has 2 unspecified atom stereocenters. The molecular formula is C15H22N2O. The summed E-state index contributed by atoms with van der Waals surface area (Å²) in [5.74, 6) is 0. The molecule has 2 fully saturated rings. The molecule has 2 heterocycles. The van der Waals surface area contributed by atoms with E-state index >= 15 is 0 Å². The van der Waals surface area contributed by atoms with Gasteiger partial charge in [0.15, 0.2) is 0 Å². The van der Waals surface area contributed by atoms with E-state index in [0.29, 0.717) is 12.2 Å². The van der Waals surface area contributed by atoms with Gasteiger partial charge in [0.2, 0.25) is 0 Å². The maximum atomic E-state index is 6.15. The van der Waals surface area contributed by atoms with E-state index in [0.717, 1.165) is 38.2 Å². The van der Waals surface area contributed by atoms with Gasteiger partial charge in [-0.2, -0.15) is 0 Å². The number of allylic oxidation sites excluding steroid dienone is 4. The first-order valence-electron chi connectivity index (χ1n) is 7.01. The number of ether oxygens (including phenoxy) is 1. The maximum Gasteiger partial charge on any atom is 0.0707 e. The van der Waals surface area contributed by atoms with E-state index in [1.807, 2.05) is 0 Å². The summed E-state index contributed by atoms with van der Waals surface area (Å²) in [5.41, 5.74) is 8.36. The molecule has 2 aliphatic heterocycles. The lowest BCUT2D eigenvalue weighted by Gasteiger charge is -2.32. The topological polar surface area (TPSA) is 38.5 Å². The van der Waals surface area contributed by atoms with Crippen LogP contribution < -0.4 is 5.73 Å². The van der Waals surface area contributed by atoms with Crippen LogP contribution in [0.2, 0.25) is 0 Å². The smallest absolute Gasteiger partial charge is 0.0707 e. The first-order valence-corrected chi connectivity index (χ1v) is 7.01. The maximum absolute atomic E-state index is 6.15. The standard InChI is InChI=1S/C15H22N2O/c16-15-6-4-2-1-3-5-12(15)9-17-10-13-7-8-14(11-17)18-13/h1,3,5-6,13-14H,2,4,7-11,16H2/b3-1-,12-5-,15-6+.